The number of carboxylic acids is 1. The third kappa shape index (κ3) is 3.68. The average molecular weight is 322 g/mol. The molecule has 2 N–H and O–H groups in total. The fourth-order valence-electron chi connectivity index (χ4n) is 2.08. The van der Waals surface area contributed by atoms with E-state index in [1.54, 1.807) is 19.1 Å². The van der Waals surface area contributed by atoms with Gasteiger partial charge in [0.1, 0.15) is 11.8 Å². The summed E-state index contributed by atoms with van der Waals surface area (Å²) < 4.78 is 5.50. The Labute approximate surface area is 132 Å². The van der Waals surface area contributed by atoms with Gasteiger partial charge in [0.2, 0.25) is 0 Å². The van der Waals surface area contributed by atoms with Crippen LogP contribution in [-0.4, -0.2) is 29.6 Å². The molecule has 0 radical (unpaired) electrons. The second kappa shape index (κ2) is 7.13. The van der Waals surface area contributed by atoms with E-state index in [9.17, 15) is 9.59 Å². The minimum absolute atomic E-state index is 0.255. The van der Waals surface area contributed by atoms with Crippen molar-refractivity contribution in [3.8, 4) is 5.75 Å². The van der Waals surface area contributed by atoms with Crippen molar-refractivity contribution in [2.75, 3.05) is 6.61 Å². The molecule has 0 heterocycles. The van der Waals surface area contributed by atoms with Crippen LogP contribution in [0.25, 0.3) is 10.8 Å². The highest BCUT2D eigenvalue weighted by molar-refractivity contribution is 6.35. The monoisotopic (exact) mass is 321 g/mol. The summed E-state index contributed by atoms with van der Waals surface area (Å²) in [6, 6.07) is 9.91. The Hall–Kier alpha value is -2.27. The number of ether oxygens (including phenoxy) is 1. The number of carbonyl (C=O) groups excluding carboxylic acids is 1. The molecule has 6 heteroatoms. The summed E-state index contributed by atoms with van der Waals surface area (Å²) >= 11 is 6.11. The van der Waals surface area contributed by atoms with Gasteiger partial charge in [-0.3, -0.25) is 4.79 Å². The number of rotatable bonds is 6. The van der Waals surface area contributed by atoms with Gasteiger partial charge in [-0.15, -0.1) is 0 Å². The van der Waals surface area contributed by atoms with Crippen LogP contribution >= 0.6 is 11.6 Å². The highest BCUT2D eigenvalue weighted by Crippen LogP contribution is 2.31. The number of aliphatic carboxylic acids is 1. The van der Waals surface area contributed by atoms with Crippen molar-refractivity contribution in [2.45, 2.75) is 19.4 Å². The number of hydrogen-bond donors (Lipinski definition) is 2. The predicted octanol–water partition coefficient (Wildman–Crippen LogP) is 2.85. The van der Waals surface area contributed by atoms with Gasteiger partial charge in [0.25, 0.3) is 5.91 Å². The molecular weight excluding hydrogens is 306 g/mol. The first-order valence-electron chi connectivity index (χ1n) is 6.85. The first-order valence-corrected chi connectivity index (χ1v) is 7.23. The van der Waals surface area contributed by atoms with Crippen LogP contribution in [0.4, 0.5) is 0 Å². The summed E-state index contributed by atoms with van der Waals surface area (Å²) in [6.45, 7) is 1.43. The molecule has 0 saturated carbocycles. The zero-order valence-corrected chi connectivity index (χ0v) is 12.8. The number of carboxylic acid groups (broad SMARTS) is 1. The van der Waals surface area contributed by atoms with Gasteiger partial charge in [-0.1, -0.05) is 42.8 Å². The smallest absolute Gasteiger partial charge is 0.326 e. The van der Waals surface area contributed by atoms with Crippen molar-refractivity contribution in [3.05, 3.63) is 41.4 Å². The summed E-state index contributed by atoms with van der Waals surface area (Å²) in [5, 5.41) is 13.5. The van der Waals surface area contributed by atoms with Crippen molar-refractivity contribution < 1.29 is 19.4 Å². The number of hydrogen-bond acceptors (Lipinski definition) is 3. The Morgan fingerprint density at radius 1 is 1.23 bits per heavy atom. The van der Waals surface area contributed by atoms with Crippen molar-refractivity contribution >= 4 is 34.2 Å². The Morgan fingerprint density at radius 3 is 2.55 bits per heavy atom. The lowest BCUT2D eigenvalue weighted by molar-refractivity contribution is -0.142. The van der Waals surface area contributed by atoms with Crippen molar-refractivity contribution in [3.63, 3.8) is 0 Å². The van der Waals surface area contributed by atoms with Gasteiger partial charge in [-0.05, 0) is 18.6 Å². The summed E-state index contributed by atoms with van der Waals surface area (Å²) in [5.41, 5.74) is 0. The molecule has 0 spiro atoms. The van der Waals surface area contributed by atoms with Crippen LogP contribution in [0.2, 0.25) is 5.02 Å². The molecule has 5 nitrogen and oxygen atoms in total. The number of benzene rings is 2. The minimum Gasteiger partial charge on any atom is -0.483 e. The van der Waals surface area contributed by atoms with Crippen LogP contribution in [0.5, 0.6) is 5.75 Å². The topological polar surface area (TPSA) is 75.6 Å². The molecule has 1 amide bonds. The second-order valence-electron chi connectivity index (χ2n) is 4.75. The number of amides is 1. The summed E-state index contributed by atoms with van der Waals surface area (Å²) in [5.74, 6) is -1.01. The SMILES string of the molecule is CCC(NC(=O)COc1ccc(Cl)c2ccccc12)C(=O)O. The Bertz CT molecular complexity index is 702. The quantitative estimate of drug-likeness (QED) is 0.858. The van der Waals surface area contributed by atoms with Crippen molar-refractivity contribution in [2.24, 2.45) is 0 Å². The third-order valence-corrected chi connectivity index (χ3v) is 3.56. The van der Waals surface area contributed by atoms with Crippen molar-refractivity contribution in [1.29, 1.82) is 0 Å². The Balaban J connectivity index is 2.08. The molecular formula is C16H16ClNO4. The first-order chi connectivity index (χ1) is 10.5. The summed E-state index contributed by atoms with van der Waals surface area (Å²) in [4.78, 5) is 22.6. The maximum atomic E-state index is 11.8. The van der Waals surface area contributed by atoms with Crippen LogP contribution < -0.4 is 10.1 Å². The van der Waals surface area contributed by atoms with Gasteiger partial charge < -0.3 is 15.2 Å². The molecule has 116 valence electrons. The van der Waals surface area contributed by atoms with E-state index < -0.39 is 17.9 Å². The molecule has 1 unspecified atom stereocenters. The standard InChI is InChI=1S/C16H16ClNO4/c1-2-13(16(20)21)18-15(19)9-22-14-8-7-12(17)10-5-3-4-6-11(10)14/h3-8,13H,2,9H2,1H3,(H,18,19)(H,20,21). The van der Waals surface area contributed by atoms with E-state index >= 15 is 0 Å². The van der Waals surface area contributed by atoms with Gasteiger partial charge in [0, 0.05) is 15.8 Å². The van der Waals surface area contributed by atoms with Gasteiger partial charge in [0.05, 0.1) is 0 Å². The van der Waals surface area contributed by atoms with E-state index in [2.05, 4.69) is 5.32 Å². The lowest BCUT2D eigenvalue weighted by atomic mass is 10.1. The molecule has 0 saturated heterocycles. The third-order valence-electron chi connectivity index (χ3n) is 3.23. The van der Waals surface area contributed by atoms with Crippen LogP contribution in [0, 0.1) is 0 Å². The molecule has 0 aliphatic heterocycles. The molecule has 0 aliphatic rings. The molecule has 0 bridgehead atoms. The predicted molar refractivity (Wildman–Crippen MR) is 84.3 cm³/mol. The molecule has 0 aliphatic carbocycles. The lowest BCUT2D eigenvalue weighted by Gasteiger charge is -2.14. The number of carbonyl (C=O) groups is 2. The van der Waals surface area contributed by atoms with Gasteiger partial charge in [-0.25, -0.2) is 4.79 Å². The van der Waals surface area contributed by atoms with E-state index in [1.165, 1.54) is 0 Å². The molecule has 0 aromatic heterocycles. The van der Waals surface area contributed by atoms with Gasteiger partial charge >= 0.3 is 5.97 Å². The summed E-state index contributed by atoms with van der Waals surface area (Å²) in [6.07, 6.45) is 0.310. The minimum atomic E-state index is -1.06. The van der Waals surface area contributed by atoms with Crippen molar-refractivity contribution in [1.82, 2.24) is 5.32 Å². The number of halogens is 1. The largest absolute Gasteiger partial charge is 0.483 e. The lowest BCUT2D eigenvalue weighted by Crippen LogP contribution is -2.42. The number of fused-ring (bicyclic) bond motifs is 1. The van der Waals surface area contributed by atoms with Crippen LogP contribution in [0.3, 0.4) is 0 Å². The molecule has 2 rings (SSSR count). The van der Waals surface area contributed by atoms with E-state index in [-0.39, 0.29) is 6.61 Å². The second-order valence-corrected chi connectivity index (χ2v) is 5.15. The first kappa shape index (κ1) is 16.1. The summed E-state index contributed by atoms with van der Waals surface area (Å²) in [7, 11) is 0. The fourth-order valence-corrected chi connectivity index (χ4v) is 2.31. The average Bonchev–Trinajstić information content (AvgIpc) is 2.52. The van der Waals surface area contributed by atoms with E-state index in [4.69, 9.17) is 21.4 Å². The Kier molecular flexibility index (Phi) is 5.22. The van der Waals surface area contributed by atoms with Crippen LogP contribution in [0.15, 0.2) is 36.4 Å². The Morgan fingerprint density at radius 2 is 1.91 bits per heavy atom. The molecule has 22 heavy (non-hydrogen) atoms. The molecule has 2 aromatic rings. The zero-order valence-electron chi connectivity index (χ0n) is 12.0. The zero-order chi connectivity index (χ0) is 16.1. The van der Waals surface area contributed by atoms with E-state index in [0.29, 0.717) is 17.2 Å². The highest BCUT2D eigenvalue weighted by Gasteiger charge is 2.17. The van der Waals surface area contributed by atoms with E-state index in [1.807, 2.05) is 24.3 Å². The molecule has 1 atom stereocenters. The normalized spacial score (nSPS) is 11.9. The fraction of sp³-hybridized carbons (Fsp3) is 0.250. The van der Waals surface area contributed by atoms with Gasteiger partial charge in [0.15, 0.2) is 6.61 Å². The molecule has 2 aromatic carbocycles. The van der Waals surface area contributed by atoms with Crippen LogP contribution in [-0.2, 0) is 9.59 Å². The van der Waals surface area contributed by atoms with E-state index in [0.717, 1.165) is 10.8 Å². The van der Waals surface area contributed by atoms with Crippen LogP contribution in [0.1, 0.15) is 13.3 Å². The maximum Gasteiger partial charge on any atom is 0.326 e. The highest BCUT2D eigenvalue weighted by atomic mass is 35.5. The number of nitrogens with one attached hydrogen (secondary N) is 1. The molecule has 0 fully saturated rings. The maximum absolute atomic E-state index is 11.8. The van der Waals surface area contributed by atoms with Gasteiger partial charge in [-0.2, -0.15) is 0 Å².